The molecule has 1 heterocycles. The Kier molecular flexibility index (Phi) is 3.38. The van der Waals surface area contributed by atoms with E-state index in [1.54, 1.807) is 0 Å². The summed E-state index contributed by atoms with van der Waals surface area (Å²) in [5.74, 6) is 0. The lowest BCUT2D eigenvalue weighted by Crippen LogP contribution is -2.19. The van der Waals surface area contributed by atoms with E-state index in [1.807, 2.05) is 53.1 Å². The second kappa shape index (κ2) is 5.19. The van der Waals surface area contributed by atoms with Gasteiger partial charge in [0.15, 0.2) is 9.88 Å². The van der Waals surface area contributed by atoms with Crippen molar-refractivity contribution in [2.24, 2.45) is 0 Å². The first-order valence-electron chi connectivity index (χ1n) is 6.23. The molecular weight excluding hydrogens is 286 g/mol. The lowest BCUT2D eigenvalue weighted by atomic mass is 10.2. The normalized spacial score (nSPS) is 10.7. The number of benzene rings is 2. The lowest BCUT2D eigenvalue weighted by molar-refractivity contribution is 1.15. The fourth-order valence-electron chi connectivity index (χ4n) is 2.07. The van der Waals surface area contributed by atoms with Gasteiger partial charge in [0.25, 0.3) is 0 Å². The monoisotopic (exact) mass is 299 g/mol. The average molecular weight is 299 g/mol. The van der Waals surface area contributed by atoms with E-state index in [9.17, 15) is 0 Å². The van der Waals surface area contributed by atoms with Crippen molar-refractivity contribution in [3.63, 3.8) is 0 Å². The predicted molar refractivity (Wildman–Crippen MR) is 89.9 cm³/mol. The highest BCUT2D eigenvalue weighted by atomic mass is 32.1. The number of hydrogen-bond donors (Lipinski definition) is 2. The zero-order valence-corrected chi connectivity index (χ0v) is 12.5. The van der Waals surface area contributed by atoms with Crippen molar-refractivity contribution < 1.29 is 0 Å². The molecule has 20 heavy (non-hydrogen) atoms. The maximum absolute atomic E-state index is 5.47. The van der Waals surface area contributed by atoms with E-state index < -0.39 is 0 Å². The molecule has 0 bridgehead atoms. The third-order valence-corrected chi connectivity index (χ3v) is 3.66. The third-order valence-electron chi connectivity index (χ3n) is 3.10. The molecule has 0 aliphatic heterocycles. The van der Waals surface area contributed by atoms with Crippen molar-refractivity contribution in [3.8, 4) is 0 Å². The van der Waals surface area contributed by atoms with E-state index in [4.69, 9.17) is 24.4 Å². The number of anilines is 1. The molecule has 2 N–H and O–H groups in total. The fraction of sp³-hybridized carbons (Fsp3) is 0.0667. The van der Waals surface area contributed by atoms with Crippen molar-refractivity contribution >= 4 is 46.3 Å². The van der Waals surface area contributed by atoms with E-state index in [0.29, 0.717) is 9.88 Å². The number of rotatable bonds is 1. The van der Waals surface area contributed by atoms with Crippen molar-refractivity contribution in [1.82, 2.24) is 9.55 Å². The Hall–Kier alpha value is -1.98. The molecule has 0 aliphatic carbocycles. The first-order chi connectivity index (χ1) is 9.65. The van der Waals surface area contributed by atoms with Crippen LogP contribution in [0.3, 0.4) is 0 Å². The number of nitrogens with one attached hydrogen (secondary N) is 2. The summed E-state index contributed by atoms with van der Waals surface area (Å²) in [6.07, 6.45) is 0. The van der Waals surface area contributed by atoms with Gasteiger partial charge >= 0.3 is 0 Å². The topological polar surface area (TPSA) is 32.8 Å². The Morgan fingerprint density at radius 1 is 1.10 bits per heavy atom. The molecule has 0 saturated heterocycles. The smallest absolute Gasteiger partial charge is 0.184 e. The first-order valence-corrected chi connectivity index (χ1v) is 7.04. The van der Waals surface area contributed by atoms with Crippen LogP contribution in [-0.2, 0) is 0 Å². The molecule has 0 aliphatic rings. The number of imidazole rings is 1. The molecule has 2 aromatic carbocycles. The number of hydrogen-bond acceptors (Lipinski definition) is 2. The van der Waals surface area contributed by atoms with Gasteiger partial charge in [0.1, 0.15) is 0 Å². The largest absolute Gasteiger partial charge is 0.332 e. The van der Waals surface area contributed by atoms with Gasteiger partial charge in [-0.05, 0) is 55.6 Å². The maximum atomic E-state index is 5.47. The van der Waals surface area contributed by atoms with Gasteiger partial charge in [-0.3, -0.25) is 4.57 Å². The molecule has 0 fully saturated rings. The Balaban J connectivity index is 1.98. The molecule has 0 radical (unpaired) electrons. The van der Waals surface area contributed by atoms with E-state index in [2.05, 4.69) is 17.2 Å². The lowest BCUT2D eigenvalue weighted by Gasteiger charge is -2.09. The number of fused-ring (bicyclic) bond motifs is 1. The summed E-state index contributed by atoms with van der Waals surface area (Å²) in [4.78, 5) is 3.15. The summed E-state index contributed by atoms with van der Waals surface area (Å²) >= 11 is 10.8. The van der Waals surface area contributed by atoms with Gasteiger partial charge in [-0.25, -0.2) is 0 Å². The van der Waals surface area contributed by atoms with Crippen LogP contribution in [0.15, 0.2) is 48.5 Å². The van der Waals surface area contributed by atoms with E-state index in [0.717, 1.165) is 16.7 Å². The highest BCUT2D eigenvalue weighted by Gasteiger charge is 2.08. The zero-order chi connectivity index (χ0) is 14.1. The van der Waals surface area contributed by atoms with Gasteiger partial charge in [-0.1, -0.05) is 29.8 Å². The molecular formula is C15H13N3S2. The molecule has 5 heteroatoms. The average Bonchev–Trinajstić information content (AvgIpc) is 2.77. The summed E-state index contributed by atoms with van der Waals surface area (Å²) in [6, 6.07) is 16.0. The Bertz CT molecular complexity index is 828. The number of aromatic nitrogens is 2. The summed E-state index contributed by atoms with van der Waals surface area (Å²) < 4.78 is 2.43. The minimum atomic E-state index is 0.566. The van der Waals surface area contributed by atoms with Crippen molar-refractivity contribution in [2.75, 3.05) is 5.32 Å². The molecule has 3 aromatic rings. The van der Waals surface area contributed by atoms with E-state index in [1.165, 1.54) is 5.56 Å². The highest BCUT2D eigenvalue weighted by Crippen LogP contribution is 2.15. The second-order valence-corrected chi connectivity index (χ2v) is 5.35. The van der Waals surface area contributed by atoms with Crippen LogP contribution < -0.4 is 5.32 Å². The number of aryl methyl sites for hydroxylation is 1. The van der Waals surface area contributed by atoms with E-state index >= 15 is 0 Å². The minimum Gasteiger partial charge on any atom is -0.332 e. The van der Waals surface area contributed by atoms with Gasteiger partial charge in [-0.2, -0.15) is 0 Å². The van der Waals surface area contributed by atoms with Gasteiger partial charge in [0, 0.05) is 5.69 Å². The molecule has 0 unspecified atom stereocenters. The number of nitrogens with zero attached hydrogens (tertiary/aromatic N) is 1. The third kappa shape index (κ3) is 2.37. The molecule has 1 aromatic heterocycles. The number of H-pyrrole nitrogens is 1. The Morgan fingerprint density at radius 3 is 2.55 bits per heavy atom. The standard InChI is InChI=1S/C15H13N3S2/c1-10-6-8-11(9-7-10)16-14(19)18-13-5-3-2-4-12(13)17-15(18)20/h2-9H,1H3,(H,16,19)(H,17,20). The Morgan fingerprint density at radius 2 is 1.80 bits per heavy atom. The fourth-order valence-corrected chi connectivity index (χ4v) is 2.74. The number of aromatic amines is 1. The highest BCUT2D eigenvalue weighted by molar-refractivity contribution is 7.80. The van der Waals surface area contributed by atoms with Crippen LogP contribution in [-0.4, -0.2) is 14.7 Å². The van der Waals surface area contributed by atoms with E-state index in [-0.39, 0.29) is 0 Å². The van der Waals surface area contributed by atoms with Gasteiger partial charge in [-0.15, -0.1) is 0 Å². The van der Waals surface area contributed by atoms with Crippen LogP contribution in [0, 0.1) is 11.7 Å². The molecule has 3 rings (SSSR count). The molecule has 0 saturated carbocycles. The van der Waals surface area contributed by atoms with Gasteiger partial charge in [0.05, 0.1) is 11.0 Å². The van der Waals surface area contributed by atoms with Crippen molar-refractivity contribution in [1.29, 1.82) is 0 Å². The molecule has 0 amide bonds. The Labute approximate surface area is 127 Å². The number of para-hydroxylation sites is 2. The van der Waals surface area contributed by atoms with Crippen LogP contribution in [0.4, 0.5) is 5.69 Å². The van der Waals surface area contributed by atoms with Crippen LogP contribution in [0.1, 0.15) is 5.56 Å². The van der Waals surface area contributed by atoms with Crippen LogP contribution in [0.5, 0.6) is 0 Å². The summed E-state index contributed by atoms with van der Waals surface area (Å²) in [5, 5.41) is 3.78. The van der Waals surface area contributed by atoms with Crippen LogP contribution in [0.2, 0.25) is 0 Å². The summed E-state index contributed by atoms with van der Waals surface area (Å²) in [5.41, 5.74) is 4.12. The van der Waals surface area contributed by atoms with Crippen molar-refractivity contribution in [2.45, 2.75) is 6.92 Å². The number of thiocarbonyl (C=S) groups is 1. The quantitative estimate of drug-likeness (QED) is 0.659. The predicted octanol–water partition coefficient (Wildman–Crippen LogP) is 4.25. The van der Waals surface area contributed by atoms with Crippen LogP contribution in [0.25, 0.3) is 11.0 Å². The maximum Gasteiger partial charge on any atom is 0.184 e. The van der Waals surface area contributed by atoms with Gasteiger partial charge < -0.3 is 10.3 Å². The van der Waals surface area contributed by atoms with Crippen molar-refractivity contribution in [3.05, 3.63) is 58.9 Å². The summed E-state index contributed by atoms with van der Waals surface area (Å²) in [6.45, 7) is 2.05. The summed E-state index contributed by atoms with van der Waals surface area (Å²) in [7, 11) is 0. The van der Waals surface area contributed by atoms with Crippen LogP contribution >= 0.6 is 24.4 Å². The first kappa shape index (κ1) is 13.0. The molecule has 0 atom stereocenters. The van der Waals surface area contributed by atoms with Gasteiger partial charge in [0.2, 0.25) is 0 Å². The molecule has 100 valence electrons. The SMILES string of the molecule is Cc1ccc(NC(=S)n2c(=S)[nH]c3ccccc32)cc1. The second-order valence-electron chi connectivity index (χ2n) is 4.58. The zero-order valence-electron chi connectivity index (χ0n) is 10.9. The molecule has 3 nitrogen and oxygen atoms in total. The minimum absolute atomic E-state index is 0.566. The molecule has 0 spiro atoms.